The number of nitrogens with zero attached hydrogens (tertiary/aromatic N) is 1. The summed E-state index contributed by atoms with van der Waals surface area (Å²) in [5.74, 6) is 3.06. The van der Waals surface area contributed by atoms with Crippen LogP contribution in [0.15, 0.2) is 10.6 Å². The number of halogens is 1. The number of rotatable bonds is 5. The molecule has 92 valence electrons. The smallest absolute Gasteiger partial charge is 0.194 e. The molecule has 1 atom stereocenters. The van der Waals surface area contributed by atoms with Crippen LogP contribution in [-0.2, 0) is 12.8 Å². The predicted octanol–water partition coefficient (Wildman–Crippen LogP) is 4.07. The van der Waals surface area contributed by atoms with E-state index in [1.165, 1.54) is 0 Å². The molecule has 0 aliphatic heterocycles. The van der Waals surface area contributed by atoms with Crippen molar-refractivity contribution < 1.29 is 4.42 Å². The van der Waals surface area contributed by atoms with Gasteiger partial charge < -0.3 is 4.42 Å². The van der Waals surface area contributed by atoms with Gasteiger partial charge in [0.1, 0.15) is 5.76 Å². The maximum absolute atomic E-state index is 5.68. The van der Waals surface area contributed by atoms with Gasteiger partial charge in [-0.25, -0.2) is 4.98 Å². The summed E-state index contributed by atoms with van der Waals surface area (Å²) in [4.78, 5) is 4.26. The molecule has 0 amide bonds. The SMILES string of the molecule is CC(Cc1cnc(CCCCl)o1)C(C)(C)C. The van der Waals surface area contributed by atoms with Gasteiger partial charge in [0.25, 0.3) is 0 Å². The van der Waals surface area contributed by atoms with E-state index in [9.17, 15) is 0 Å². The second kappa shape index (κ2) is 5.72. The van der Waals surface area contributed by atoms with Crippen molar-refractivity contribution >= 4 is 11.6 Å². The quantitative estimate of drug-likeness (QED) is 0.729. The Balaban J connectivity index is 2.52. The highest BCUT2D eigenvalue weighted by Crippen LogP contribution is 2.28. The van der Waals surface area contributed by atoms with Crippen molar-refractivity contribution in [3.8, 4) is 0 Å². The Morgan fingerprint density at radius 2 is 2.12 bits per heavy atom. The molecule has 0 N–H and O–H groups in total. The van der Waals surface area contributed by atoms with Gasteiger partial charge in [0.15, 0.2) is 5.89 Å². The van der Waals surface area contributed by atoms with Crippen molar-refractivity contribution in [2.24, 2.45) is 11.3 Å². The van der Waals surface area contributed by atoms with E-state index in [0.717, 1.165) is 30.9 Å². The molecule has 0 saturated carbocycles. The number of hydrogen-bond acceptors (Lipinski definition) is 2. The van der Waals surface area contributed by atoms with E-state index in [4.69, 9.17) is 16.0 Å². The lowest BCUT2D eigenvalue weighted by molar-refractivity contribution is 0.246. The molecule has 0 saturated heterocycles. The lowest BCUT2D eigenvalue weighted by Gasteiger charge is -2.26. The summed E-state index contributed by atoms with van der Waals surface area (Å²) in [7, 11) is 0. The van der Waals surface area contributed by atoms with Gasteiger partial charge in [-0.15, -0.1) is 11.6 Å². The standard InChI is InChI=1S/C13H22ClNO/c1-10(13(2,3)4)8-11-9-15-12(16-11)6-5-7-14/h9-10H,5-8H2,1-4H3. The summed E-state index contributed by atoms with van der Waals surface area (Å²) >= 11 is 5.63. The van der Waals surface area contributed by atoms with Crippen LogP contribution >= 0.6 is 11.6 Å². The van der Waals surface area contributed by atoms with Crippen molar-refractivity contribution in [3.63, 3.8) is 0 Å². The highest BCUT2D eigenvalue weighted by molar-refractivity contribution is 6.17. The van der Waals surface area contributed by atoms with Crippen LogP contribution in [0.3, 0.4) is 0 Å². The summed E-state index contributed by atoms with van der Waals surface area (Å²) in [6.45, 7) is 9.01. The van der Waals surface area contributed by atoms with Crippen LogP contribution in [0.5, 0.6) is 0 Å². The molecule has 1 rings (SSSR count). The van der Waals surface area contributed by atoms with Gasteiger partial charge in [-0.05, 0) is 17.8 Å². The Kier molecular flexibility index (Phi) is 4.85. The zero-order valence-corrected chi connectivity index (χ0v) is 11.5. The molecule has 3 heteroatoms. The lowest BCUT2D eigenvalue weighted by Crippen LogP contribution is -2.19. The highest BCUT2D eigenvalue weighted by atomic mass is 35.5. The zero-order chi connectivity index (χ0) is 12.2. The third-order valence-corrected chi connectivity index (χ3v) is 3.38. The average molecular weight is 244 g/mol. The molecule has 0 spiro atoms. The van der Waals surface area contributed by atoms with Crippen LogP contribution in [0.25, 0.3) is 0 Å². The average Bonchev–Trinajstić information content (AvgIpc) is 2.61. The second-order valence-electron chi connectivity index (χ2n) is 5.48. The van der Waals surface area contributed by atoms with Gasteiger partial charge in [-0.2, -0.15) is 0 Å². The minimum absolute atomic E-state index is 0.309. The molecular formula is C13H22ClNO. The molecule has 0 radical (unpaired) electrons. The fraction of sp³-hybridized carbons (Fsp3) is 0.769. The Hall–Kier alpha value is -0.500. The predicted molar refractivity (Wildman–Crippen MR) is 67.9 cm³/mol. The van der Waals surface area contributed by atoms with E-state index in [2.05, 4.69) is 32.7 Å². The summed E-state index contributed by atoms with van der Waals surface area (Å²) < 4.78 is 5.68. The molecule has 16 heavy (non-hydrogen) atoms. The minimum atomic E-state index is 0.309. The van der Waals surface area contributed by atoms with Gasteiger partial charge >= 0.3 is 0 Å². The summed E-state index contributed by atoms with van der Waals surface area (Å²) in [6, 6.07) is 0. The van der Waals surface area contributed by atoms with Gasteiger partial charge in [-0.1, -0.05) is 27.7 Å². The molecule has 0 bridgehead atoms. The first-order valence-electron chi connectivity index (χ1n) is 5.93. The fourth-order valence-corrected chi connectivity index (χ4v) is 1.52. The number of hydrogen-bond donors (Lipinski definition) is 0. The molecule has 0 aliphatic carbocycles. The molecular weight excluding hydrogens is 222 g/mol. The van der Waals surface area contributed by atoms with Gasteiger partial charge in [0, 0.05) is 18.7 Å². The normalized spacial score (nSPS) is 14.1. The maximum atomic E-state index is 5.68. The number of oxazole rings is 1. The van der Waals surface area contributed by atoms with E-state index in [1.807, 2.05) is 6.20 Å². The summed E-state index contributed by atoms with van der Waals surface area (Å²) in [5.41, 5.74) is 0.309. The minimum Gasteiger partial charge on any atom is -0.446 e. The number of aromatic nitrogens is 1. The molecule has 0 aromatic carbocycles. The van der Waals surface area contributed by atoms with E-state index >= 15 is 0 Å². The van der Waals surface area contributed by atoms with Gasteiger partial charge in [0.05, 0.1) is 6.20 Å². The van der Waals surface area contributed by atoms with Crippen molar-refractivity contribution in [3.05, 3.63) is 17.8 Å². The highest BCUT2D eigenvalue weighted by Gasteiger charge is 2.21. The number of aryl methyl sites for hydroxylation is 1. The monoisotopic (exact) mass is 243 g/mol. The topological polar surface area (TPSA) is 26.0 Å². The fourth-order valence-electron chi connectivity index (χ4n) is 1.38. The lowest BCUT2D eigenvalue weighted by atomic mass is 9.80. The van der Waals surface area contributed by atoms with E-state index in [1.54, 1.807) is 0 Å². The van der Waals surface area contributed by atoms with E-state index in [0.29, 0.717) is 17.2 Å². The molecule has 0 aliphatic rings. The first kappa shape index (κ1) is 13.6. The molecule has 1 aromatic rings. The van der Waals surface area contributed by atoms with Crippen molar-refractivity contribution in [2.75, 3.05) is 5.88 Å². The third kappa shape index (κ3) is 4.17. The maximum Gasteiger partial charge on any atom is 0.194 e. The first-order valence-corrected chi connectivity index (χ1v) is 6.46. The molecule has 1 unspecified atom stereocenters. The molecule has 2 nitrogen and oxygen atoms in total. The van der Waals surface area contributed by atoms with Gasteiger partial charge in [-0.3, -0.25) is 0 Å². The second-order valence-corrected chi connectivity index (χ2v) is 5.86. The first-order chi connectivity index (χ1) is 7.43. The van der Waals surface area contributed by atoms with Crippen LogP contribution < -0.4 is 0 Å². The Labute approximate surface area is 103 Å². The largest absolute Gasteiger partial charge is 0.446 e. The Morgan fingerprint density at radius 3 is 2.69 bits per heavy atom. The molecule has 0 fully saturated rings. The van der Waals surface area contributed by atoms with Crippen LogP contribution in [-0.4, -0.2) is 10.9 Å². The van der Waals surface area contributed by atoms with Gasteiger partial charge in [0.2, 0.25) is 0 Å². The van der Waals surface area contributed by atoms with Crippen LogP contribution in [0.4, 0.5) is 0 Å². The number of alkyl halides is 1. The third-order valence-electron chi connectivity index (χ3n) is 3.11. The Bertz CT molecular complexity index is 314. The zero-order valence-electron chi connectivity index (χ0n) is 10.7. The van der Waals surface area contributed by atoms with Crippen molar-refractivity contribution in [2.45, 2.75) is 47.0 Å². The van der Waals surface area contributed by atoms with E-state index < -0.39 is 0 Å². The van der Waals surface area contributed by atoms with Crippen molar-refractivity contribution in [1.82, 2.24) is 4.98 Å². The summed E-state index contributed by atoms with van der Waals surface area (Å²) in [6.07, 6.45) is 4.58. The van der Waals surface area contributed by atoms with Crippen LogP contribution in [0, 0.1) is 11.3 Å². The molecule has 1 heterocycles. The van der Waals surface area contributed by atoms with E-state index in [-0.39, 0.29) is 0 Å². The van der Waals surface area contributed by atoms with Crippen molar-refractivity contribution in [1.29, 1.82) is 0 Å². The Morgan fingerprint density at radius 1 is 1.44 bits per heavy atom. The molecule has 1 aromatic heterocycles. The van der Waals surface area contributed by atoms with Crippen LogP contribution in [0.2, 0.25) is 0 Å². The summed E-state index contributed by atoms with van der Waals surface area (Å²) in [5, 5.41) is 0. The van der Waals surface area contributed by atoms with Crippen LogP contribution in [0.1, 0.15) is 45.8 Å².